The summed E-state index contributed by atoms with van der Waals surface area (Å²) in [6.45, 7) is 3.07. The zero-order chi connectivity index (χ0) is 10.6. The van der Waals surface area contributed by atoms with Crippen LogP contribution >= 0.6 is 0 Å². The molecule has 0 radical (unpaired) electrons. The SMILES string of the molecule is CC(=O)N[C@](C)(C=O)c1ccccc1. The predicted octanol–water partition coefficient (Wildman–Crippen LogP) is 1.24. The van der Waals surface area contributed by atoms with Gasteiger partial charge in [0.15, 0.2) is 0 Å². The summed E-state index contributed by atoms with van der Waals surface area (Å²) >= 11 is 0. The van der Waals surface area contributed by atoms with E-state index in [9.17, 15) is 9.59 Å². The average Bonchev–Trinajstić information content (AvgIpc) is 2.18. The number of carbonyl (C=O) groups is 2. The summed E-state index contributed by atoms with van der Waals surface area (Å²) in [6, 6.07) is 9.15. The van der Waals surface area contributed by atoms with Crippen LogP contribution in [-0.4, -0.2) is 12.2 Å². The molecule has 0 bridgehead atoms. The zero-order valence-corrected chi connectivity index (χ0v) is 8.28. The molecule has 1 atom stereocenters. The van der Waals surface area contributed by atoms with Gasteiger partial charge in [0.25, 0.3) is 0 Å². The van der Waals surface area contributed by atoms with Gasteiger partial charge in [-0.3, -0.25) is 4.79 Å². The smallest absolute Gasteiger partial charge is 0.217 e. The van der Waals surface area contributed by atoms with Gasteiger partial charge in [-0.05, 0) is 12.5 Å². The van der Waals surface area contributed by atoms with Crippen LogP contribution in [0.1, 0.15) is 19.4 Å². The Kier molecular flexibility index (Phi) is 3.02. The number of benzene rings is 1. The fourth-order valence-corrected chi connectivity index (χ4v) is 1.32. The van der Waals surface area contributed by atoms with Crippen LogP contribution in [0.5, 0.6) is 0 Å². The van der Waals surface area contributed by atoms with Crippen molar-refractivity contribution in [3.05, 3.63) is 35.9 Å². The minimum Gasteiger partial charge on any atom is -0.340 e. The Morgan fingerprint density at radius 3 is 2.36 bits per heavy atom. The highest BCUT2D eigenvalue weighted by Gasteiger charge is 2.26. The Morgan fingerprint density at radius 1 is 1.36 bits per heavy atom. The predicted molar refractivity (Wildman–Crippen MR) is 53.7 cm³/mol. The third-order valence-corrected chi connectivity index (χ3v) is 2.04. The Labute approximate surface area is 83.1 Å². The summed E-state index contributed by atoms with van der Waals surface area (Å²) in [4.78, 5) is 21.9. The minimum atomic E-state index is -0.924. The fourth-order valence-electron chi connectivity index (χ4n) is 1.32. The summed E-state index contributed by atoms with van der Waals surface area (Å²) < 4.78 is 0. The summed E-state index contributed by atoms with van der Waals surface area (Å²) in [6.07, 6.45) is 0.740. The maximum atomic E-state index is 10.9. The van der Waals surface area contributed by atoms with Crippen LogP contribution in [0.25, 0.3) is 0 Å². The largest absolute Gasteiger partial charge is 0.340 e. The third kappa shape index (κ3) is 2.19. The van der Waals surface area contributed by atoms with Gasteiger partial charge >= 0.3 is 0 Å². The van der Waals surface area contributed by atoms with E-state index in [1.54, 1.807) is 6.92 Å². The van der Waals surface area contributed by atoms with Crippen LogP contribution in [0, 0.1) is 0 Å². The van der Waals surface area contributed by atoms with E-state index in [4.69, 9.17) is 0 Å². The lowest BCUT2D eigenvalue weighted by Crippen LogP contribution is -2.43. The Bertz CT molecular complexity index is 334. The quantitative estimate of drug-likeness (QED) is 0.730. The molecule has 1 rings (SSSR count). The van der Waals surface area contributed by atoms with Crippen LogP contribution in [0.3, 0.4) is 0 Å². The molecule has 0 fully saturated rings. The number of rotatable bonds is 3. The lowest BCUT2D eigenvalue weighted by molar-refractivity contribution is -0.124. The van der Waals surface area contributed by atoms with E-state index in [2.05, 4.69) is 5.32 Å². The van der Waals surface area contributed by atoms with Gasteiger partial charge in [-0.1, -0.05) is 30.3 Å². The Morgan fingerprint density at radius 2 is 1.93 bits per heavy atom. The van der Waals surface area contributed by atoms with E-state index in [0.717, 1.165) is 11.8 Å². The number of amides is 1. The monoisotopic (exact) mass is 191 g/mol. The second kappa shape index (κ2) is 4.05. The summed E-state index contributed by atoms with van der Waals surface area (Å²) in [7, 11) is 0. The van der Waals surface area contributed by atoms with Gasteiger partial charge in [0.05, 0.1) is 0 Å². The van der Waals surface area contributed by atoms with Crippen molar-refractivity contribution in [2.75, 3.05) is 0 Å². The summed E-state index contributed by atoms with van der Waals surface area (Å²) in [5, 5.41) is 2.62. The summed E-state index contributed by atoms with van der Waals surface area (Å²) in [5.74, 6) is -0.219. The molecule has 0 unspecified atom stereocenters. The molecule has 14 heavy (non-hydrogen) atoms. The number of nitrogens with one attached hydrogen (secondary N) is 1. The lowest BCUT2D eigenvalue weighted by Gasteiger charge is -2.24. The highest BCUT2D eigenvalue weighted by molar-refractivity contribution is 5.80. The highest BCUT2D eigenvalue weighted by Crippen LogP contribution is 2.17. The number of hydrogen-bond acceptors (Lipinski definition) is 2. The molecule has 0 aliphatic rings. The number of hydrogen-bond donors (Lipinski definition) is 1. The van der Waals surface area contributed by atoms with Gasteiger partial charge in [-0.15, -0.1) is 0 Å². The van der Waals surface area contributed by atoms with Gasteiger partial charge in [0.1, 0.15) is 11.8 Å². The molecular weight excluding hydrogens is 178 g/mol. The summed E-state index contributed by atoms with van der Waals surface area (Å²) in [5.41, 5.74) is -0.141. The molecule has 0 saturated heterocycles. The van der Waals surface area contributed by atoms with E-state index in [0.29, 0.717) is 0 Å². The molecule has 0 heterocycles. The van der Waals surface area contributed by atoms with Crippen molar-refractivity contribution in [2.24, 2.45) is 0 Å². The van der Waals surface area contributed by atoms with Crippen molar-refractivity contribution in [1.29, 1.82) is 0 Å². The van der Waals surface area contributed by atoms with E-state index in [1.165, 1.54) is 6.92 Å². The van der Waals surface area contributed by atoms with E-state index < -0.39 is 5.54 Å². The van der Waals surface area contributed by atoms with E-state index in [-0.39, 0.29) is 5.91 Å². The molecule has 3 nitrogen and oxygen atoms in total. The van der Waals surface area contributed by atoms with E-state index in [1.807, 2.05) is 30.3 Å². The molecule has 1 aromatic carbocycles. The first-order valence-electron chi connectivity index (χ1n) is 4.39. The van der Waals surface area contributed by atoms with Gasteiger partial charge < -0.3 is 10.1 Å². The van der Waals surface area contributed by atoms with Crippen LogP contribution in [-0.2, 0) is 15.1 Å². The molecule has 1 aromatic rings. The van der Waals surface area contributed by atoms with E-state index >= 15 is 0 Å². The Balaban J connectivity index is 3.01. The van der Waals surface area contributed by atoms with Crippen molar-refractivity contribution >= 4 is 12.2 Å². The molecular formula is C11H13NO2. The normalized spacial score (nSPS) is 14.1. The van der Waals surface area contributed by atoms with Crippen LogP contribution in [0.2, 0.25) is 0 Å². The van der Waals surface area contributed by atoms with Crippen molar-refractivity contribution in [2.45, 2.75) is 19.4 Å². The lowest BCUT2D eigenvalue weighted by atomic mass is 9.94. The topological polar surface area (TPSA) is 46.2 Å². The maximum Gasteiger partial charge on any atom is 0.217 e. The first-order chi connectivity index (χ1) is 6.58. The molecule has 0 saturated carbocycles. The highest BCUT2D eigenvalue weighted by atomic mass is 16.2. The van der Waals surface area contributed by atoms with Gasteiger partial charge in [0, 0.05) is 6.92 Å². The maximum absolute atomic E-state index is 10.9. The van der Waals surface area contributed by atoms with Crippen molar-refractivity contribution in [1.82, 2.24) is 5.32 Å². The Hall–Kier alpha value is -1.64. The van der Waals surface area contributed by atoms with Crippen molar-refractivity contribution < 1.29 is 9.59 Å². The first kappa shape index (κ1) is 10.4. The van der Waals surface area contributed by atoms with Gasteiger partial charge in [-0.25, -0.2) is 0 Å². The molecule has 1 amide bonds. The number of carbonyl (C=O) groups excluding carboxylic acids is 2. The van der Waals surface area contributed by atoms with Crippen LogP contribution < -0.4 is 5.32 Å². The minimum absolute atomic E-state index is 0.219. The molecule has 0 aliphatic heterocycles. The van der Waals surface area contributed by atoms with Gasteiger partial charge in [-0.2, -0.15) is 0 Å². The standard InChI is InChI=1S/C11H13NO2/c1-9(14)12-11(2,8-13)10-6-4-3-5-7-10/h3-8H,1-2H3,(H,12,14)/t11-/m1/s1. The number of aldehydes is 1. The first-order valence-corrected chi connectivity index (χ1v) is 4.39. The molecule has 3 heteroatoms. The molecule has 1 N–H and O–H groups in total. The molecule has 0 aromatic heterocycles. The van der Waals surface area contributed by atoms with Crippen LogP contribution in [0.15, 0.2) is 30.3 Å². The van der Waals surface area contributed by atoms with Crippen LogP contribution in [0.4, 0.5) is 0 Å². The average molecular weight is 191 g/mol. The molecule has 0 aliphatic carbocycles. The fraction of sp³-hybridized carbons (Fsp3) is 0.273. The van der Waals surface area contributed by atoms with Crippen molar-refractivity contribution in [3.63, 3.8) is 0 Å². The molecule has 74 valence electrons. The zero-order valence-electron chi connectivity index (χ0n) is 8.28. The second-order valence-corrected chi connectivity index (χ2v) is 3.37. The molecule has 0 spiro atoms. The second-order valence-electron chi connectivity index (χ2n) is 3.37. The third-order valence-electron chi connectivity index (χ3n) is 2.04. The van der Waals surface area contributed by atoms with Crippen molar-refractivity contribution in [3.8, 4) is 0 Å². The van der Waals surface area contributed by atoms with Gasteiger partial charge in [0.2, 0.25) is 5.91 Å².